The first-order valence-electron chi connectivity index (χ1n) is 10.6. The number of sulfonamides is 1. The minimum atomic E-state index is -3.49. The second-order valence-corrected chi connectivity index (χ2v) is 10.5. The molecule has 2 aliphatic rings. The molecule has 2 aromatic carbocycles. The zero-order chi connectivity index (χ0) is 21.6. The molecule has 160 valence electrons. The maximum atomic E-state index is 13.2. The molecule has 5 rings (SSSR count). The summed E-state index contributed by atoms with van der Waals surface area (Å²) < 4.78 is 28.1. The topological polar surface area (TPSA) is 75.2 Å². The third-order valence-corrected chi connectivity index (χ3v) is 8.57. The molecule has 0 atom stereocenters. The Labute approximate surface area is 183 Å². The molecule has 1 aliphatic carbocycles. The van der Waals surface area contributed by atoms with Gasteiger partial charge in [0.05, 0.1) is 10.6 Å². The molecule has 1 spiro atoms. The van der Waals surface area contributed by atoms with E-state index in [-0.39, 0.29) is 5.41 Å². The minimum absolute atomic E-state index is 0.0905. The van der Waals surface area contributed by atoms with Crippen LogP contribution in [-0.4, -0.2) is 42.8 Å². The lowest BCUT2D eigenvalue weighted by Gasteiger charge is -2.45. The maximum Gasteiger partial charge on any atom is 0.243 e. The summed E-state index contributed by atoms with van der Waals surface area (Å²) in [5, 5.41) is 3.03. The first kappa shape index (κ1) is 20.2. The van der Waals surface area contributed by atoms with Gasteiger partial charge in [0.25, 0.3) is 0 Å². The second kappa shape index (κ2) is 7.43. The van der Waals surface area contributed by atoms with Crippen LogP contribution in [0.25, 0.3) is 11.3 Å². The number of benzene rings is 2. The van der Waals surface area contributed by atoms with Crippen molar-refractivity contribution in [3.63, 3.8) is 0 Å². The van der Waals surface area contributed by atoms with Crippen LogP contribution in [0.15, 0.2) is 59.6 Å². The standard InChI is InChI=1S/C24H26N4O2S/c1-17-6-5-7-19(14-17)31(29,30)28-12-10-24(11-13-28)15-18-16-26-23(25-2)27-22(18)20-8-3-4-9-21(20)24/h3-9,14,16H,10-13,15H2,1-2H3,(H,25,26,27). The van der Waals surface area contributed by atoms with Crippen molar-refractivity contribution >= 4 is 16.0 Å². The number of aryl methyl sites for hydroxylation is 1. The molecule has 6 nitrogen and oxygen atoms in total. The Morgan fingerprint density at radius 3 is 2.58 bits per heavy atom. The molecule has 1 saturated heterocycles. The number of hydrogen-bond acceptors (Lipinski definition) is 5. The summed E-state index contributed by atoms with van der Waals surface area (Å²) in [6, 6.07) is 15.6. The molecule has 0 amide bonds. The summed E-state index contributed by atoms with van der Waals surface area (Å²) >= 11 is 0. The van der Waals surface area contributed by atoms with E-state index in [9.17, 15) is 8.42 Å². The van der Waals surface area contributed by atoms with Crippen molar-refractivity contribution in [3.05, 3.63) is 71.4 Å². The van der Waals surface area contributed by atoms with Crippen molar-refractivity contribution in [3.8, 4) is 11.3 Å². The summed E-state index contributed by atoms with van der Waals surface area (Å²) in [5.41, 5.74) is 5.39. The van der Waals surface area contributed by atoms with E-state index in [1.165, 1.54) is 5.56 Å². The van der Waals surface area contributed by atoms with Crippen LogP contribution in [0.3, 0.4) is 0 Å². The zero-order valence-electron chi connectivity index (χ0n) is 17.8. The Bertz CT molecular complexity index is 1250. The van der Waals surface area contributed by atoms with Crippen molar-refractivity contribution in [1.82, 2.24) is 14.3 Å². The number of hydrogen-bond donors (Lipinski definition) is 1. The van der Waals surface area contributed by atoms with E-state index < -0.39 is 10.0 Å². The van der Waals surface area contributed by atoms with Crippen LogP contribution in [0.5, 0.6) is 0 Å². The van der Waals surface area contributed by atoms with Crippen molar-refractivity contribution in [2.24, 2.45) is 0 Å². The van der Waals surface area contributed by atoms with E-state index in [1.807, 2.05) is 32.3 Å². The van der Waals surface area contributed by atoms with Gasteiger partial charge in [0.15, 0.2) is 0 Å². The Balaban J connectivity index is 1.47. The van der Waals surface area contributed by atoms with E-state index in [4.69, 9.17) is 4.98 Å². The van der Waals surface area contributed by atoms with Gasteiger partial charge in [-0.05, 0) is 55.0 Å². The van der Waals surface area contributed by atoms with Gasteiger partial charge in [0.2, 0.25) is 16.0 Å². The summed E-state index contributed by atoms with van der Waals surface area (Å²) in [6.07, 6.45) is 4.31. The summed E-state index contributed by atoms with van der Waals surface area (Å²) in [5.74, 6) is 0.614. The SMILES string of the molecule is CNc1ncc2c(n1)-c1ccccc1C1(CCN(S(=O)(=O)c3cccc(C)c3)CC1)C2. The highest BCUT2D eigenvalue weighted by molar-refractivity contribution is 7.89. The van der Waals surface area contributed by atoms with E-state index >= 15 is 0 Å². The lowest BCUT2D eigenvalue weighted by Crippen LogP contribution is -2.47. The average molecular weight is 435 g/mol. The van der Waals surface area contributed by atoms with Crippen LogP contribution < -0.4 is 5.32 Å². The Morgan fingerprint density at radius 2 is 1.84 bits per heavy atom. The predicted octanol–water partition coefficient (Wildman–Crippen LogP) is 3.77. The first-order valence-corrected chi connectivity index (χ1v) is 12.1. The second-order valence-electron chi connectivity index (χ2n) is 8.54. The van der Waals surface area contributed by atoms with Gasteiger partial charge >= 0.3 is 0 Å². The monoisotopic (exact) mass is 434 g/mol. The van der Waals surface area contributed by atoms with Crippen molar-refractivity contribution in [1.29, 1.82) is 0 Å². The van der Waals surface area contributed by atoms with Crippen molar-refractivity contribution in [2.75, 3.05) is 25.5 Å². The number of nitrogens with one attached hydrogen (secondary N) is 1. The fourth-order valence-corrected chi connectivity index (χ4v) is 6.57. The molecule has 2 heterocycles. The predicted molar refractivity (Wildman–Crippen MR) is 122 cm³/mol. The molecule has 0 unspecified atom stereocenters. The molecule has 1 fully saturated rings. The van der Waals surface area contributed by atoms with Gasteiger partial charge in [-0.1, -0.05) is 36.4 Å². The molecule has 0 saturated carbocycles. The maximum absolute atomic E-state index is 13.2. The number of aromatic nitrogens is 2. The number of rotatable bonds is 3. The van der Waals surface area contributed by atoms with E-state index in [0.29, 0.717) is 23.9 Å². The van der Waals surface area contributed by atoms with Gasteiger partial charge in [-0.15, -0.1) is 0 Å². The fraction of sp³-hybridized carbons (Fsp3) is 0.333. The largest absolute Gasteiger partial charge is 0.357 e. The smallest absolute Gasteiger partial charge is 0.243 e. The van der Waals surface area contributed by atoms with Crippen LogP contribution >= 0.6 is 0 Å². The van der Waals surface area contributed by atoms with Crippen molar-refractivity contribution < 1.29 is 8.42 Å². The average Bonchev–Trinajstić information content (AvgIpc) is 2.79. The van der Waals surface area contributed by atoms with Crippen LogP contribution in [0.4, 0.5) is 5.95 Å². The first-order chi connectivity index (χ1) is 14.9. The van der Waals surface area contributed by atoms with E-state index in [1.54, 1.807) is 22.5 Å². The fourth-order valence-electron chi connectivity index (χ4n) is 5.03. The molecule has 1 aliphatic heterocycles. The lowest BCUT2D eigenvalue weighted by molar-refractivity contribution is 0.229. The Kier molecular flexibility index (Phi) is 4.83. The van der Waals surface area contributed by atoms with Crippen LogP contribution in [0, 0.1) is 6.92 Å². The molecular weight excluding hydrogens is 408 g/mol. The lowest BCUT2D eigenvalue weighted by atomic mass is 9.64. The highest BCUT2D eigenvalue weighted by Crippen LogP contribution is 2.48. The highest BCUT2D eigenvalue weighted by Gasteiger charge is 2.44. The zero-order valence-corrected chi connectivity index (χ0v) is 18.6. The molecule has 3 aromatic rings. The molecular formula is C24H26N4O2S. The molecule has 7 heteroatoms. The van der Waals surface area contributed by atoms with Gasteiger partial charge in [0, 0.05) is 37.3 Å². The van der Waals surface area contributed by atoms with Gasteiger partial charge in [-0.2, -0.15) is 4.31 Å². The van der Waals surface area contributed by atoms with E-state index in [0.717, 1.165) is 41.6 Å². The van der Waals surface area contributed by atoms with Gasteiger partial charge in [-0.3, -0.25) is 0 Å². The molecule has 1 N–H and O–H groups in total. The van der Waals surface area contributed by atoms with Crippen LogP contribution in [-0.2, 0) is 21.9 Å². The van der Waals surface area contributed by atoms with Crippen LogP contribution in [0.1, 0.15) is 29.5 Å². The molecule has 0 radical (unpaired) electrons. The number of anilines is 1. The van der Waals surface area contributed by atoms with Gasteiger partial charge in [-0.25, -0.2) is 18.4 Å². The summed E-state index contributed by atoms with van der Waals surface area (Å²) in [4.78, 5) is 9.54. The quantitative estimate of drug-likeness (QED) is 0.679. The molecule has 0 bridgehead atoms. The van der Waals surface area contributed by atoms with Crippen molar-refractivity contribution in [2.45, 2.75) is 36.5 Å². The number of piperidine rings is 1. The summed E-state index contributed by atoms with van der Waals surface area (Å²) in [7, 11) is -1.66. The minimum Gasteiger partial charge on any atom is -0.357 e. The number of nitrogens with zero attached hydrogens (tertiary/aromatic N) is 3. The Hall–Kier alpha value is -2.77. The van der Waals surface area contributed by atoms with Gasteiger partial charge in [0.1, 0.15) is 0 Å². The third-order valence-electron chi connectivity index (χ3n) is 6.68. The molecule has 31 heavy (non-hydrogen) atoms. The third kappa shape index (κ3) is 3.32. The van der Waals surface area contributed by atoms with E-state index in [2.05, 4.69) is 28.5 Å². The summed E-state index contributed by atoms with van der Waals surface area (Å²) in [6.45, 7) is 2.94. The Morgan fingerprint density at radius 1 is 1.06 bits per heavy atom. The van der Waals surface area contributed by atoms with Gasteiger partial charge < -0.3 is 5.32 Å². The number of fused-ring (bicyclic) bond motifs is 4. The van der Waals surface area contributed by atoms with Crippen LogP contribution in [0.2, 0.25) is 0 Å². The molecule has 1 aromatic heterocycles. The normalized spacial score (nSPS) is 17.7. The highest BCUT2D eigenvalue weighted by atomic mass is 32.2.